The third-order valence-corrected chi connectivity index (χ3v) is 3.77. The largest absolute Gasteiger partial charge is 0.355 e. The lowest BCUT2D eigenvalue weighted by atomic mass is 10.1. The van der Waals surface area contributed by atoms with Gasteiger partial charge in [0.25, 0.3) is 0 Å². The Balaban J connectivity index is 1.65. The van der Waals surface area contributed by atoms with Crippen molar-refractivity contribution in [2.45, 2.75) is 51.9 Å². The van der Waals surface area contributed by atoms with Gasteiger partial charge >= 0.3 is 0 Å². The maximum Gasteiger partial charge on any atom is 0.127 e. The van der Waals surface area contributed by atoms with E-state index in [1.807, 2.05) is 0 Å². The van der Waals surface area contributed by atoms with Gasteiger partial charge in [-0.15, -0.1) is 0 Å². The van der Waals surface area contributed by atoms with Gasteiger partial charge in [-0.05, 0) is 18.4 Å². The first-order chi connectivity index (χ1) is 8.92. The summed E-state index contributed by atoms with van der Waals surface area (Å²) < 4.78 is 0. The van der Waals surface area contributed by atoms with E-state index in [0.29, 0.717) is 0 Å². The van der Waals surface area contributed by atoms with Gasteiger partial charge in [0.1, 0.15) is 5.84 Å². The molecule has 2 rings (SSSR count). The van der Waals surface area contributed by atoms with Crippen molar-refractivity contribution in [3.05, 3.63) is 23.8 Å². The molecule has 2 heteroatoms. The fraction of sp³-hybridized carbons (Fsp3) is 0.688. The van der Waals surface area contributed by atoms with Crippen molar-refractivity contribution >= 4 is 5.84 Å². The molecule has 0 fully saturated rings. The molecule has 0 saturated heterocycles. The smallest absolute Gasteiger partial charge is 0.127 e. The zero-order valence-electron chi connectivity index (χ0n) is 11.7. The highest BCUT2D eigenvalue weighted by Gasteiger charge is 2.19. The summed E-state index contributed by atoms with van der Waals surface area (Å²) in [5.74, 6) is 1.27. The Bertz CT molecular complexity index is 339. The van der Waals surface area contributed by atoms with E-state index in [2.05, 4.69) is 35.0 Å². The second-order valence-corrected chi connectivity index (χ2v) is 5.28. The number of unbranched alkanes of at least 4 members (excludes halogenated alkanes) is 5. The molecule has 18 heavy (non-hydrogen) atoms. The van der Waals surface area contributed by atoms with Crippen LogP contribution in [0.1, 0.15) is 51.9 Å². The van der Waals surface area contributed by atoms with Crippen LogP contribution in [0.4, 0.5) is 0 Å². The number of aliphatic imine (C=N–C) groups is 1. The highest BCUT2D eigenvalue weighted by atomic mass is 15.2. The summed E-state index contributed by atoms with van der Waals surface area (Å²) in [6.45, 7) is 5.59. The molecule has 0 aromatic carbocycles. The Kier molecular flexibility index (Phi) is 5.50. The first-order valence-corrected chi connectivity index (χ1v) is 7.57. The molecule has 0 aromatic rings. The van der Waals surface area contributed by atoms with Crippen LogP contribution in [0.3, 0.4) is 0 Å². The van der Waals surface area contributed by atoms with Crippen LogP contribution in [0.15, 0.2) is 28.8 Å². The average Bonchev–Trinajstić information content (AvgIpc) is 3.03. The van der Waals surface area contributed by atoms with Gasteiger partial charge in [0.05, 0.1) is 6.54 Å². The molecule has 0 unspecified atom stereocenters. The first-order valence-electron chi connectivity index (χ1n) is 7.57. The molecular formula is C16H26N2. The highest BCUT2D eigenvalue weighted by Crippen LogP contribution is 2.19. The van der Waals surface area contributed by atoms with Crippen LogP contribution in [-0.2, 0) is 0 Å². The van der Waals surface area contributed by atoms with Crippen molar-refractivity contribution in [3.63, 3.8) is 0 Å². The Morgan fingerprint density at radius 2 is 2.00 bits per heavy atom. The number of allylic oxidation sites excluding steroid dienone is 3. The lowest BCUT2D eigenvalue weighted by Crippen LogP contribution is -2.29. The maximum atomic E-state index is 4.66. The van der Waals surface area contributed by atoms with E-state index < -0.39 is 0 Å². The van der Waals surface area contributed by atoms with Crippen LogP contribution < -0.4 is 0 Å². The summed E-state index contributed by atoms with van der Waals surface area (Å²) in [5.41, 5.74) is 1.42. The predicted octanol–water partition coefficient (Wildman–Crippen LogP) is 3.95. The van der Waals surface area contributed by atoms with Crippen LogP contribution >= 0.6 is 0 Å². The van der Waals surface area contributed by atoms with Gasteiger partial charge < -0.3 is 4.90 Å². The molecule has 0 amide bonds. The summed E-state index contributed by atoms with van der Waals surface area (Å²) in [6, 6.07) is 0. The fourth-order valence-electron chi connectivity index (χ4n) is 2.70. The molecule has 0 bridgehead atoms. The first kappa shape index (κ1) is 13.4. The molecule has 0 radical (unpaired) electrons. The Labute approximate surface area is 111 Å². The molecule has 0 aromatic heterocycles. The third-order valence-electron chi connectivity index (χ3n) is 3.77. The Morgan fingerprint density at radius 1 is 1.17 bits per heavy atom. The summed E-state index contributed by atoms with van der Waals surface area (Å²) in [6.07, 6.45) is 15.9. The quantitative estimate of drug-likeness (QED) is 0.592. The zero-order chi connectivity index (χ0) is 12.6. The van der Waals surface area contributed by atoms with E-state index in [-0.39, 0.29) is 0 Å². The van der Waals surface area contributed by atoms with Crippen molar-refractivity contribution in [3.8, 4) is 0 Å². The second kappa shape index (κ2) is 7.40. The molecule has 2 aliphatic rings. The minimum atomic E-state index is 0.989. The monoisotopic (exact) mass is 246 g/mol. The zero-order valence-corrected chi connectivity index (χ0v) is 11.7. The molecule has 0 saturated carbocycles. The predicted molar refractivity (Wildman–Crippen MR) is 79.1 cm³/mol. The minimum absolute atomic E-state index is 0.989. The topological polar surface area (TPSA) is 15.6 Å². The molecule has 1 aliphatic carbocycles. The van der Waals surface area contributed by atoms with Gasteiger partial charge in [-0.1, -0.05) is 57.3 Å². The van der Waals surface area contributed by atoms with Gasteiger partial charge in [-0.2, -0.15) is 0 Å². The SMILES string of the molecule is CCCCCCCCN1CCN=C1C1=CC=CC1. The van der Waals surface area contributed by atoms with Crippen molar-refractivity contribution in [1.82, 2.24) is 4.90 Å². The van der Waals surface area contributed by atoms with Crippen LogP contribution in [0.2, 0.25) is 0 Å². The maximum absolute atomic E-state index is 4.66. The molecule has 0 spiro atoms. The molecule has 100 valence electrons. The van der Waals surface area contributed by atoms with E-state index in [1.54, 1.807) is 0 Å². The highest BCUT2D eigenvalue weighted by molar-refractivity contribution is 6.00. The molecular weight excluding hydrogens is 220 g/mol. The minimum Gasteiger partial charge on any atom is -0.355 e. The summed E-state index contributed by atoms with van der Waals surface area (Å²) >= 11 is 0. The molecule has 0 atom stereocenters. The van der Waals surface area contributed by atoms with Crippen molar-refractivity contribution in [2.75, 3.05) is 19.6 Å². The average molecular weight is 246 g/mol. The van der Waals surface area contributed by atoms with Gasteiger partial charge in [-0.3, -0.25) is 4.99 Å². The molecule has 0 N–H and O–H groups in total. The van der Waals surface area contributed by atoms with Crippen molar-refractivity contribution in [2.24, 2.45) is 4.99 Å². The third kappa shape index (κ3) is 3.72. The standard InChI is InChI=1S/C16H26N2/c1-2-3-4-5-6-9-13-18-14-12-17-16(18)15-10-7-8-11-15/h7-8,10H,2-6,9,11-14H2,1H3. The van der Waals surface area contributed by atoms with E-state index >= 15 is 0 Å². The Morgan fingerprint density at radius 3 is 2.78 bits per heavy atom. The Hall–Kier alpha value is -1.05. The van der Waals surface area contributed by atoms with Crippen LogP contribution in [0.5, 0.6) is 0 Å². The summed E-state index contributed by atoms with van der Waals surface area (Å²) in [5, 5.41) is 0. The summed E-state index contributed by atoms with van der Waals surface area (Å²) in [4.78, 5) is 7.15. The van der Waals surface area contributed by atoms with Gasteiger partial charge in [-0.25, -0.2) is 0 Å². The summed E-state index contributed by atoms with van der Waals surface area (Å²) in [7, 11) is 0. The normalized spacial score (nSPS) is 18.4. The van der Waals surface area contributed by atoms with Gasteiger partial charge in [0.2, 0.25) is 0 Å². The second-order valence-electron chi connectivity index (χ2n) is 5.28. The van der Waals surface area contributed by atoms with Gasteiger partial charge in [0.15, 0.2) is 0 Å². The van der Waals surface area contributed by atoms with E-state index in [4.69, 9.17) is 0 Å². The molecule has 1 heterocycles. The number of nitrogens with zero attached hydrogens (tertiary/aromatic N) is 2. The number of rotatable bonds is 8. The number of amidine groups is 1. The van der Waals surface area contributed by atoms with Crippen LogP contribution in [0.25, 0.3) is 0 Å². The molecule has 2 nitrogen and oxygen atoms in total. The van der Waals surface area contributed by atoms with Gasteiger partial charge in [0, 0.05) is 13.1 Å². The van der Waals surface area contributed by atoms with E-state index in [9.17, 15) is 0 Å². The molecule has 1 aliphatic heterocycles. The lowest BCUT2D eigenvalue weighted by Gasteiger charge is -2.21. The van der Waals surface area contributed by atoms with Crippen molar-refractivity contribution in [1.29, 1.82) is 0 Å². The van der Waals surface area contributed by atoms with Crippen molar-refractivity contribution < 1.29 is 0 Å². The number of hydrogen-bond donors (Lipinski definition) is 0. The van der Waals surface area contributed by atoms with Crippen LogP contribution in [0, 0.1) is 0 Å². The van der Waals surface area contributed by atoms with Crippen LogP contribution in [-0.4, -0.2) is 30.4 Å². The van der Waals surface area contributed by atoms with E-state index in [0.717, 1.165) is 19.5 Å². The number of hydrogen-bond acceptors (Lipinski definition) is 2. The fourth-order valence-corrected chi connectivity index (χ4v) is 2.70. The lowest BCUT2D eigenvalue weighted by molar-refractivity contribution is 0.430. The van der Waals surface area contributed by atoms with E-state index in [1.165, 1.54) is 56.5 Å².